The molecule has 0 radical (unpaired) electrons. The summed E-state index contributed by atoms with van der Waals surface area (Å²) in [6.07, 6.45) is 0.659. The van der Waals surface area contributed by atoms with Gasteiger partial charge in [-0.15, -0.1) is 0 Å². The van der Waals surface area contributed by atoms with E-state index in [9.17, 15) is 18.9 Å². The van der Waals surface area contributed by atoms with Crippen LogP contribution in [0.4, 0.5) is 0 Å². The largest absolute Gasteiger partial charge is 0.371 e. The van der Waals surface area contributed by atoms with Gasteiger partial charge in [0.2, 0.25) is 18.6 Å². The number of ether oxygens (including phenoxy) is 1. The van der Waals surface area contributed by atoms with Gasteiger partial charge in [-0.1, -0.05) is 80.1 Å². The second kappa shape index (κ2) is 12.9. The third-order valence-corrected chi connectivity index (χ3v) is 9.61. The van der Waals surface area contributed by atoms with E-state index in [1.807, 2.05) is 19.1 Å². The third kappa shape index (κ3) is 6.03. The first-order chi connectivity index (χ1) is 18.2. The molecule has 7 heteroatoms. The third-order valence-electron chi connectivity index (χ3n) is 6.77. The summed E-state index contributed by atoms with van der Waals surface area (Å²) >= 11 is 0. The molecule has 200 valence electrons. The zero-order chi connectivity index (χ0) is 27.9. The zero-order valence-corrected chi connectivity index (χ0v) is 23.6. The van der Waals surface area contributed by atoms with Crippen LogP contribution in [0.2, 0.25) is 0 Å². The van der Waals surface area contributed by atoms with Crippen LogP contribution in [0.5, 0.6) is 0 Å². The van der Waals surface area contributed by atoms with Crippen molar-refractivity contribution in [2.75, 3.05) is 13.7 Å². The molecule has 0 saturated heterocycles. The Morgan fingerprint density at radius 1 is 0.868 bits per heavy atom. The molecule has 1 atom stereocenters. The van der Waals surface area contributed by atoms with E-state index in [0.29, 0.717) is 39.4 Å². The lowest BCUT2D eigenvalue weighted by molar-refractivity contribution is -0.130. The van der Waals surface area contributed by atoms with Gasteiger partial charge in [0.15, 0.2) is 5.78 Å². The first kappa shape index (κ1) is 29.2. The maximum Gasteiger partial charge on any atom is 0.249 e. The van der Waals surface area contributed by atoms with Gasteiger partial charge in [0.05, 0.1) is 0 Å². The van der Waals surface area contributed by atoms with Crippen molar-refractivity contribution in [3.8, 4) is 0 Å². The van der Waals surface area contributed by atoms with Crippen molar-refractivity contribution in [1.29, 1.82) is 0 Å². The van der Waals surface area contributed by atoms with Gasteiger partial charge in [0.25, 0.3) is 0 Å². The minimum Gasteiger partial charge on any atom is -0.371 e. The fourth-order valence-electron chi connectivity index (χ4n) is 4.82. The average molecular weight is 534 g/mol. The molecule has 0 spiro atoms. The summed E-state index contributed by atoms with van der Waals surface area (Å²) in [5.74, 6) is -0.647. The molecule has 3 aromatic carbocycles. The Kier molecular flexibility index (Phi) is 9.96. The Morgan fingerprint density at radius 2 is 1.39 bits per heavy atom. The number of unbranched alkanes of at least 4 members (excludes halogenated alkanes) is 1. The van der Waals surface area contributed by atoms with E-state index >= 15 is 0 Å². The van der Waals surface area contributed by atoms with Crippen LogP contribution in [0.15, 0.2) is 66.7 Å². The van der Waals surface area contributed by atoms with Crippen LogP contribution in [0.3, 0.4) is 0 Å². The van der Waals surface area contributed by atoms with Gasteiger partial charge in [-0.2, -0.15) is 0 Å². The summed E-state index contributed by atoms with van der Waals surface area (Å²) in [6, 6.07) is 19.3. The second-order valence-electron chi connectivity index (χ2n) is 9.47. The highest BCUT2D eigenvalue weighted by Gasteiger charge is 2.39. The number of rotatable bonds is 12. The Morgan fingerprint density at radius 3 is 1.89 bits per heavy atom. The number of hydrogen-bond donors (Lipinski definition) is 1. The molecule has 6 nitrogen and oxygen atoms in total. The van der Waals surface area contributed by atoms with Crippen LogP contribution in [-0.4, -0.2) is 37.0 Å². The molecular weight excluding hydrogens is 497 g/mol. The number of benzene rings is 3. The molecule has 1 unspecified atom stereocenters. The van der Waals surface area contributed by atoms with Gasteiger partial charge in [-0.05, 0) is 43.9 Å². The SMILES string of the molecule is CCCCNC(=O)C(CC(=O)c1c(C)cc(C)c(C(=O)P(=O)(c2ccccc2)c2ccccc2)c1C)OC. The van der Waals surface area contributed by atoms with E-state index in [-0.39, 0.29) is 23.7 Å². The number of Topliss-reactive ketones (excluding diaryl/α,β-unsaturated/α-hetero) is 1. The van der Waals surface area contributed by atoms with Gasteiger partial charge in [-0.25, -0.2) is 0 Å². The number of methoxy groups -OCH3 is 1. The highest BCUT2D eigenvalue weighted by Crippen LogP contribution is 2.48. The van der Waals surface area contributed by atoms with E-state index in [2.05, 4.69) is 5.32 Å². The number of carbonyl (C=O) groups excluding carboxylic acids is 3. The van der Waals surface area contributed by atoms with Crippen LogP contribution in [0.1, 0.15) is 63.6 Å². The smallest absolute Gasteiger partial charge is 0.249 e. The minimum atomic E-state index is -3.76. The fourth-order valence-corrected chi connectivity index (χ4v) is 7.43. The Hall–Kier alpha value is -3.34. The number of amides is 1. The van der Waals surface area contributed by atoms with Crippen LogP contribution >= 0.6 is 7.14 Å². The molecule has 0 aliphatic rings. The molecule has 0 bridgehead atoms. The van der Waals surface area contributed by atoms with Crippen molar-refractivity contribution >= 4 is 35.0 Å². The Bertz CT molecular complexity index is 1310. The summed E-state index contributed by atoms with van der Waals surface area (Å²) < 4.78 is 20.1. The van der Waals surface area contributed by atoms with Gasteiger partial charge in [0, 0.05) is 41.8 Å². The normalized spacial score (nSPS) is 12.1. The van der Waals surface area contributed by atoms with Crippen molar-refractivity contribution in [2.45, 2.75) is 53.1 Å². The first-order valence-corrected chi connectivity index (χ1v) is 14.6. The Labute approximate surface area is 225 Å². The van der Waals surface area contributed by atoms with E-state index in [1.54, 1.807) is 75.4 Å². The molecular formula is C31H36NO5P. The van der Waals surface area contributed by atoms with Gasteiger partial charge in [-0.3, -0.25) is 14.4 Å². The molecule has 0 fully saturated rings. The average Bonchev–Trinajstić information content (AvgIpc) is 2.91. The van der Waals surface area contributed by atoms with E-state index in [4.69, 9.17) is 4.74 Å². The van der Waals surface area contributed by atoms with E-state index < -0.39 is 18.8 Å². The van der Waals surface area contributed by atoms with Crippen LogP contribution in [-0.2, 0) is 14.1 Å². The van der Waals surface area contributed by atoms with Crippen LogP contribution in [0.25, 0.3) is 0 Å². The maximum absolute atomic E-state index is 14.7. The number of carbonyl (C=O) groups is 3. The number of hydrogen-bond acceptors (Lipinski definition) is 5. The summed E-state index contributed by atoms with van der Waals surface area (Å²) in [7, 11) is -2.36. The Balaban J connectivity index is 2.07. The van der Waals surface area contributed by atoms with Crippen LogP contribution < -0.4 is 15.9 Å². The quantitative estimate of drug-likeness (QED) is 0.195. The van der Waals surface area contributed by atoms with E-state index in [1.165, 1.54) is 7.11 Å². The zero-order valence-electron chi connectivity index (χ0n) is 22.7. The first-order valence-electron chi connectivity index (χ1n) is 12.9. The summed E-state index contributed by atoms with van der Waals surface area (Å²) in [4.78, 5) is 40.4. The lowest BCUT2D eigenvalue weighted by Gasteiger charge is -2.23. The molecule has 38 heavy (non-hydrogen) atoms. The number of aryl methyl sites for hydroxylation is 2. The van der Waals surface area contributed by atoms with Crippen molar-refractivity contribution in [3.05, 3.63) is 94.5 Å². The topological polar surface area (TPSA) is 89.5 Å². The molecule has 3 aromatic rings. The lowest BCUT2D eigenvalue weighted by atomic mass is 9.90. The number of ketones is 1. The molecule has 0 aliphatic carbocycles. The van der Waals surface area contributed by atoms with E-state index in [0.717, 1.165) is 12.8 Å². The predicted octanol–water partition coefficient (Wildman–Crippen LogP) is 5.27. The molecule has 1 N–H and O–H groups in total. The van der Waals surface area contributed by atoms with Crippen molar-refractivity contribution in [2.24, 2.45) is 0 Å². The van der Waals surface area contributed by atoms with Crippen LogP contribution in [0, 0.1) is 20.8 Å². The molecule has 0 aromatic heterocycles. The highest BCUT2D eigenvalue weighted by molar-refractivity contribution is 7.93. The molecule has 0 aliphatic heterocycles. The van der Waals surface area contributed by atoms with Gasteiger partial charge < -0.3 is 14.6 Å². The second-order valence-corrected chi connectivity index (χ2v) is 12.1. The van der Waals surface area contributed by atoms with Crippen molar-refractivity contribution < 1.29 is 23.7 Å². The maximum atomic E-state index is 14.7. The lowest BCUT2D eigenvalue weighted by Crippen LogP contribution is -2.38. The summed E-state index contributed by atoms with van der Waals surface area (Å²) in [5, 5.41) is 3.68. The molecule has 1 amide bonds. The monoisotopic (exact) mass is 533 g/mol. The fraction of sp³-hybridized carbons (Fsp3) is 0.323. The molecule has 3 rings (SSSR count). The highest BCUT2D eigenvalue weighted by atomic mass is 31.2. The van der Waals surface area contributed by atoms with Crippen molar-refractivity contribution in [1.82, 2.24) is 5.32 Å². The predicted molar refractivity (Wildman–Crippen MR) is 152 cm³/mol. The van der Waals surface area contributed by atoms with Gasteiger partial charge >= 0.3 is 0 Å². The minimum absolute atomic E-state index is 0.165. The summed E-state index contributed by atoms with van der Waals surface area (Å²) in [6.45, 7) is 7.85. The molecule has 0 heterocycles. The number of nitrogens with one attached hydrogen (secondary N) is 1. The van der Waals surface area contributed by atoms with Crippen molar-refractivity contribution in [3.63, 3.8) is 0 Å². The molecule has 0 saturated carbocycles. The van der Waals surface area contributed by atoms with Gasteiger partial charge in [0.1, 0.15) is 6.10 Å². The standard InChI is InChI=1S/C31H36NO5P/c1-6-7-18-32-30(34)27(37-5)20-26(33)28-21(2)19-22(3)29(23(28)4)31(35)38(36,24-14-10-8-11-15-24)25-16-12-9-13-17-25/h8-17,19,27H,6-7,18,20H2,1-5H3,(H,32,34). The summed E-state index contributed by atoms with van der Waals surface area (Å²) in [5.41, 5.74) is 1.92.